The van der Waals surface area contributed by atoms with Crippen LogP contribution < -0.4 is 0 Å². The second-order valence-electron chi connectivity index (χ2n) is 5.51. The second kappa shape index (κ2) is 4.72. The van der Waals surface area contributed by atoms with Gasteiger partial charge in [0.1, 0.15) is 0 Å². The fourth-order valence-corrected chi connectivity index (χ4v) is 3.52. The molecule has 2 fully saturated rings. The third kappa shape index (κ3) is 2.05. The zero-order valence-electron chi connectivity index (χ0n) is 10.7. The molecule has 0 aromatic heterocycles. The number of nitrogens with zero attached hydrogens (tertiary/aromatic N) is 2. The minimum Gasteiger partial charge on any atom is -0.373 e. The molecule has 0 amide bonds. The molecular formula is C14H13ClN2O3. The summed E-state index contributed by atoms with van der Waals surface area (Å²) in [6.07, 6.45) is 3.27. The van der Waals surface area contributed by atoms with Crippen LogP contribution in [-0.4, -0.2) is 17.1 Å². The molecule has 0 radical (unpaired) electrons. The Bertz CT molecular complexity index is 613. The number of rotatable bonds is 3. The highest BCUT2D eigenvalue weighted by molar-refractivity contribution is 6.31. The van der Waals surface area contributed by atoms with Crippen LogP contribution in [0, 0.1) is 26.9 Å². The first-order valence-electron chi connectivity index (χ1n) is 6.53. The van der Waals surface area contributed by atoms with Gasteiger partial charge in [0, 0.05) is 12.1 Å². The van der Waals surface area contributed by atoms with Crippen LogP contribution >= 0.6 is 11.6 Å². The summed E-state index contributed by atoms with van der Waals surface area (Å²) in [6.45, 7) is 0. The molecule has 3 rings (SSSR count). The average molecular weight is 293 g/mol. The number of ether oxygens (including phenoxy) is 1. The summed E-state index contributed by atoms with van der Waals surface area (Å²) in [5, 5.41) is 20.6. The molecule has 1 aromatic rings. The van der Waals surface area contributed by atoms with Crippen LogP contribution in [0.3, 0.4) is 0 Å². The number of halogens is 1. The summed E-state index contributed by atoms with van der Waals surface area (Å²) in [7, 11) is 0. The Morgan fingerprint density at radius 1 is 1.55 bits per heavy atom. The average Bonchev–Trinajstić information content (AvgIpc) is 3.01. The molecule has 2 aliphatic rings. The largest absolute Gasteiger partial charge is 0.373 e. The molecule has 0 spiro atoms. The van der Waals surface area contributed by atoms with Gasteiger partial charge in [-0.3, -0.25) is 10.1 Å². The van der Waals surface area contributed by atoms with Gasteiger partial charge in [0.2, 0.25) is 0 Å². The smallest absolute Gasteiger partial charge is 0.270 e. The Kier molecular flexibility index (Phi) is 3.15. The van der Waals surface area contributed by atoms with Crippen LogP contribution in [0.2, 0.25) is 5.02 Å². The van der Waals surface area contributed by atoms with Gasteiger partial charge >= 0.3 is 0 Å². The van der Waals surface area contributed by atoms with Gasteiger partial charge in [0.15, 0.2) is 0 Å². The van der Waals surface area contributed by atoms with E-state index in [1.807, 2.05) is 0 Å². The van der Waals surface area contributed by atoms with Crippen LogP contribution in [0.1, 0.15) is 24.8 Å². The Morgan fingerprint density at radius 3 is 2.85 bits per heavy atom. The van der Waals surface area contributed by atoms with E-state index in [1.54, 1.807) is 6.07 Å². The highest BCUT2D eigenvalue weighted by Crippen LogP contribution is 2.49. The number of nitriles is 1. The summed E-state index contributed by atoms with van der Waals surface area (Å²) < 4.78 is 5.78. The molecule has 3 unspecified atom stereocenters. The number of fused-ring (bicyclic) bond motifs is 2. The van der Waals surface area contributed by atoms with Gasteiger partial charge in [-0.15, -0.1) is 0 Å². The van der Waals surface area contributed by atoms with E-state index in [1.165, 1.54) is 12.1 Å². The van der Waals surface area contributed by atoms with Crippen molar-refractivity contribution in [3.8, 4) is 6.07 Å². The molecule has 20 heavy (non-hydrogen) atoms. The zero-order chi connectivity index (χ0) is 14.3. The first-order chi connectivity index (χ1) is 9.54. The fourth-order valence-electron chi connectivity index (χ4n) is 3.28. The maximum absolute atomic E-state index is 10.7. The predicted molar refractivity (Wildman–Crippen MR) is 72.4 cm³/mol. The molecule has 104 valence electrons. The lowest BCUT2D eigenvalue weighted by Crippen LogP contribution is -2.33. The Balaban J connectivity index is 1.88. The SMILES string of the molecule is N#CC1(Cc2ccc([N+](=O)[O-])cc2Cl)CC2CCC1O2. The van der Waals surface area contributed by atoms with Crippen molar-refractivity contribution in [2.75, 3.05) is 0 Å². The minimum atomic E-state index is -0.539. The van der Waals surface area contributed by atoms with Crippen LogP contribution in [0.25, 0.3) is 0 Å². The summed E-state index contributed by atoms with van der Waals surface area (Å²) in [4.78, 5) is 10.2. The van der Waals surface area contributed by atoms with E-state index in [4.69, 9.17) is 16.3 Å². The first-order valence-corrected chi connectivity index (χ1v) is 6.91. The highest BCUT2D eigenvalue weighted by atomic mass is 35.5. The fraction of sp³-hybridized carbons (Fsp3) is 0.500. The van der Waals surface area contributed by atoms with Crippen molar-refractivity contribution in [1.29, 1.82) is 5.26 Å². The maximum atomic E-state index is 10.7. The lowest BCUT2D eigenvalue weighted by molar-refractivity contribution is -0.384. The molecular weight excluding hydrogens is 280 g/mol. The number of non-ortho nitro benzene ring substituents is 1. The number of benzene rings is 1. The summed E-state index contributed by atoms with van der Waals surface area (Å²) in [6, 6.07) is 6.82. The van der Waals surface area contributed by atoms with Crippen LogP contribution in [0.5, 0.6) is 0 Å². The normalized spacial score (nSPS) is 31.2. The van der Waals surface area contributed by atoms with E-state index in [2.05, 4.69) is 6.07 Å². The van der Waals surface area contributed by atoms with E-state index in [0.29, 0.717) is 11.4 Å². The van der Waals surface area contributed by atoms with Gasteiger partial charge in [0.25, 0.3) is 5.69 Å². The van der Waals surface area contributed by atoms with E-state index >= 15 is 0 Å². The summed E-state index contributed by atoms with van der Waals surface area (Å²) >= 11 is 6.12. The van der Waals surface area contributed by atoms with Crippen molar-refractivity contribution in [3.63, 3.8) is 0 Å². The molecule has 2 saturated heterocycles. The molecule has 0 saturated carbocycles. The van der Waals surface area contributed by atoms with Gasteiger partial charge < -0.3 is 4.74 Å². The lowest BCUT2D eigenvalue weighted by atomic mass is 9.71. The van der Waals surface area contributed by atoms with Gasteiger partial charge in [0.05, 0.1) is 33.6 Å². The monoisotopic (exact) mass is 292 g/mol. The molecule has 0 aliphatic carbocycles. The standard InChI is InChI=1S/C14H13ClN2O3/c15-12-5-10(17(18)19)2-1-9(12)6-14(8-16)7-11-3-4-13(14)20-11/h1-2,5,11,13H,3-4,6-7H2. The van der Waals surface area contributed by atoms with Crippen molar-refractivity contribution in [1.82, 2.24) is 0 Å². The third-order valence-corrected chi connectivity index (χ3v) is 4.64. The molecule has 5 nitrogen and oxygen atoms in total. The Hall–Kier alpha value is -1.64. The summed E-state index contributed by atoms with van der Waals surface area (Å²) in [5.41, 5.74) is 0.201. The van der Waals surface area contributed by atoms with Gasteiger partial charge in [-0.1, -0.05) is 17.7 Å². The number of hydrogen-bond acceptors (Lipinski definition) is 4. The van der Waals surface area contributed by atoms with Crippen molar-refractivity contribution < 1.29 is 9.66 Å². The lowest BCUT2D eigenvalue weighted by Gasteiger charge is -2.28. The van der Waals surface area contributed by atoms with Crippen LogP contribution in [-0.2, 0) is 11.2 Å². The molecule has 2 aliphatic heterocycles. The van der Waals surface area contributed by atoms with Crippen molar-refractivity contribution in [3.05, 3.63) is 38.9 Å². The van der Waals surface area contributed by atoms with Gasteiger partial charge in [-0.05, 0) is 31.2 Å². The van der Waals surface area contributed by atoms with Gasteiger partial charge in [-0.25, -0.2) is 0 Å². The van der Waals surface area contributed by atoms with Crippen molar-refractivity contribution in [2.24, 2.45) is 5.41 Å². The van der Waals surface area contributed by atoms with Crippen molar-refractivity contribution in [2.45, 2.75) is 37.9 Å². The second-order valence-corrected chi connectivity index (χ2v) is 5.91. The van der Waals surface area contributed by atoms with Crippen LogP contribution in [0.4, 0.5) is 5.69 Å². The molecule has 2 bridgehead atoms. The quantitative estimate of drug-likeness (QED) is 0.633. The number of nitro benzene ring substituents is 1. The van der Waals surface area contributed by atoms with E-state index in [9.17, 15) is 15.4 Å². The van der Waals surface area contributed by atoms with E-state index in [0.717, 1.165) is 24.8 Å². The maximum Gasteiger partial charge on any atom is 0.270 e. The van der Waals surface area contributed by atoms with Crippen LogP contribution in [0.15, 0.2) is 18.2 Å². The Labute approximate surface area is 121 Å². The Morgan fingerprint density at radius 2 is 2.35 bits per heavy atom. The molecule has 2 heterocycles. The molecule has 3 atom stereocenters. The van der Waals surface area contributed by atoms with E-state index in [-0.39, 0.29) is 17.9 Å². The number of nitro groups is 1. The zero-order valence-corrected chi connectivity index (χ0v) is 11.5. The van der Waals surface area contributed by atoms with Gasteiger partial charge in [-0.2, -0.15) is 5.26 Å². The predicted octanol–water partition coefficient (Wildman–Crippen LogP) is 3.25. The summed E-state index contributed by atoms with van der Waals surface area (Å²) in [5.74, 6) is 0. The molecule has 0 N–H and O–H groups in total. The van der Waals surface area contributed by atoms with Crippen molar-refractivity contribution >= 4 is 17.3 Å². The molecule has 1 aromatic carbocycles. The number of hydrogen-bond donors (Lipinski definition) is 0. The minimum absolute atomic E-state index is 0.0334. The highest BCUT2D eigenvalue weighted by Gasteiger charge is 2.53. The first kappa shape index (κ1) is 13.3. The molecule has 6 heteroatoms. The third-order valence-electron chi connectivity index (χ3n) is 4.29. The topological polar surface area (TPSA) is 76.2 Å². The van der Waals surface area contributed by atoms with E-state index < -0.39 is 10.3 Å².